The van der Waals surface area contributed by atoms with Gasteiger partial charge in [0.05, 0.1) is 0 Å². The second-order valence-corrected chi connectivity index (χ2v) is 6.21. The second kappa shape index (κ2) is 6.91. The summed E-state index contributed by atoms with van der Waals surface area (Å²) in [5.41, 5.74) is 6.17. The Hall–Kier alpha value is -1.59. The molecule has 2 aromatic rings. The van der Waals surface area contributed by atoms with Gasteiger partial charge in [0, 0.05) is 16.9 Å². The third-order valence-corrected chi connectivity index (χ3v) is 4.56. The zero-order valence-corrected chi connectivity index (χ0v) is 13.8. The van der Waals surface area contributed by atoms with Gasteiger partial charge in [-0.2, -0.15) is 0 Å². The molecule has 0 aliphatic carbocycles. The highest BCUT2D eigenvalue weighted by Crippen LogP contribution is 2.33. The molecule has 0 saturated heterocycles. The molecule has 5 heteroatoms. The molecular formula is C16H22N4S. The number of aryl methyl sites for hydroxylation is 3. The lowest BCUT2D eigenvalue weighted by Crippen LogP contribution is -2.13. The molecule has 0 aliphatic heterocycles. The molecule has 0 saturated carbocycles. The van der Waals surface area contributed by atoms with Crippen LogP contribution in [-0.2, 0) is 6.42 Å². The van der Waals surface area contributed by atoms with Crippen LogP contribution in [0.25, 0.3) is 0 Å². The van der Waals surface area contributed by atoms with Crippen molar-refractivity contribution in [2.24, 2.45) is 5.84 Å². The summed E-state index contributed by atoms with van der Waals surface area (Å²) >= 11 is 1.68. The topological polar surface area (TPSA) is 63.8 Å². The van der Waals surface area contributed by atoms with E-state index in [1.165, 1.54) is 16.0 Å². The van der Waals surface area contributed by atoms with Crippen LogP contribution in [0.2, 0.25) is 0 Å². The molecule has 112 valence electrons. The first-order chi connectivity index (χ1) is 10.0. The number of aromatic nitrogens is 2. The van der Waals surface area contributed by atoms with E-state index in [0.29, 0.717) is 5.82 Å². The van der Waals surface area contributed by atoms with Gasteiger partial charge >= 0.3 is 0 Å². The van der Waals surface area contributed by atoms with Crippen molar-refractivity contribution in [1.29, 1.82) is 0 Å². The predicted octanol–water partition coefficient (Wildman–Crippen LogP) is 3.79. The molecule has 4 nitrogen and oxygen atoms in total. The highest BCUT2D eigenvalue weighted by Gasteiger charge is 2.12. The number of hydrogen-bond donors (Lipinski definition) is 2. The summed E-state index contributed by atoms with van der Waals surface area (Å²) in [4.78, 5) is 10.4. The number of anilines is 1. The molecule has 0 aliphatic rings. The van der Waals surface area contributed by atoms with Gasteiger partial charge < -0.3 is 5.43 Å². The Morgan fingerprint density at radius 2 is 1.95 bits per heavy atom. The number of benzene rings is 1. The largest absolute Gasteiger partial charge is 0.308 e. The Labute approximate surface area is 130 Å². The monoisotopic (exact) mass is 302 g/mol. The van der Waals surface area contributed by atoms with E-state index in [1.807, 2.05) is 6.92 Å². The highest BCUT2D eigenvalue weighted by molar-refractivity contribution is 7.99. The summed E-state index contributed by atoms with van der Waals surface area (Å²) in [6, 6.07) is 6.46. The fourth-order valence-corrected chi connectivity index (χ4v) is 3.12. The zero-order chi connectivity index (χ0) is 15.4. The number of hydrazine groups is 1. The molecule has 2 rings (SSSR count). The third-order valence-electron chi connectivity index (χ3n) is 3.31. The average Bonchev–Trinajstić information content (AvgIpc) is 2.46. The summed E-state index contributed by atoms with van der Waals surface area (Å²) in [7, 11) is 0. The Bertz CT molecular complexity index is 640. The maximum absolute atomic E-state index is 5.58. The molecule has 0 bridgehead atoms. The van der Waals surface area contributed by atoms with Crippen molar-refractivity contribution in [3.8, 4) is 0 Å². The van der Waals surface area contributed by atoms with Crippen molar-refractivity contribution in [1.82, 2.24) is 9.97 Å². The minimum Gasteiger partial charge on any atom is -0.308 e. The Morgan fingerprint density at radius 3 is 2.62 bits per heavy atom. The van der Waals surface area contributed by atoms with Crippen molar-refractivity contribution < 1.29 is 0 Å². The lowest BCUT2D eigenvalue weighted by atomic mass is 10.2. The van der Waals surface area contributed by atoms with Crippen LogP contribution in [0.5, 0.6) is 0 Å². The molecule has 0 amide bonds. The highest BCUT2D eigenvalue weighted by atomic mass is 32.2. The number of nitrogens with zero attached hydrogens (tertiary/aromatic N) is 2. The minimum absolute atomic E-state index is 0.709. The van der Waals surface area contributed by atoms with E-state index in [9.17, 15) is 0 Å². The van der Waals surface area contributed by atoms with Crippen molar-refractivity contribution >= 4 is 17.6 Å². The molecule has 1 aromatic carbocycles. The van der Waals surface area contributed by atoms with Gasteiger partial charge in [0.25, 0.3) is 0 Å². The van der Waals surface area contributed by atoms with E-state index in [4.69, 9.17) is 10.8 Å². The van der Waals surface area contributed by atoms with Gasteiger partial charge in [-0.25, -0.2) is 15.8 Å². The van der Waals surface area contributed by atoms with Gasteiger partial charge in [0.2, 0.25) is 0 Å². The first-order valence-electron chi connectivity index (χ1n) is 7.14. The first kappa shape index (κ1) is 15.8. The number of rotatable bonds is 5. The van der Waals surface area contributed by atoms with Crippen LogP contribution in [0.4, 0.5) is 5.82 Å². The summed E-state index contributed by atoms with van der Waals surface area (Å²) in [5, 5.41) is 0.968. The molecule has 0 fully saturated rings. The van der Waals surface area contributed by atoms with Crippen molar-refractivity contribution in [3.05, 3.63) is 40.7 Å². The molecule has 0 radical (unpaired) electrons. The fraction of sp³-hybridized carbons (Fsp3) is 0.375. The third kappa shape index (κ3) is 3.74. The number of nitrogens with two attached hydrogens (primary N) is 1. The van der Waals surface area contributed by atoms with Crippen LogP contribution in [0, 0.1) is 20.8 Å². The molecule has 0 spiro atoms. The summed E-state index contributed by atoms with van der Waals surface area (Å²) in [6.45, 7) is 8.34. The van der Waals surface area contributed by atoms with E-state index in [1.54, 1.807) is 11.8 Å². The summed E-state index contributed by atoms with van der Waals surface area (Å²) in [6.07, 6.45) is 1.87. The number of hydrogen-bond acceptors (Lipinski definition) is 5. The van der Waals surface area contributed by atoms with E-state index >= 15 is 0 Å². The molecule has 21 heavy (non-hydrogen) atoms. The van der Waals surface area contributed by atoms with Crippen LogP contribution < -0.4 is 11.3 Å². The van der Waals surface area contributed by atoms with Crippen molar-refractivity contribution in [3.63, 3.8) is 0 Å². The van der Waals surface area contributed by atoms with Crippen LogP contribution in [0.1, 0.15) is 35.9 Å². The van der Waals surface area contributed by atoms with Gasteiger partial charge in [-0.15, -0.1) is 0 Å². The van der Waals surface area contributed by atoms with Gasteiger partial charge in [-0.1, -0.05) is 30.8 Å². The van der Waals surface area contributed by atoms with Gasteiger partial charge in [0.15, 0.2) is 0 Å². The van der Waals surface area contributed by atoms with Crippen LogP contribution >= 0.6 is 11.8 Å². The normalized spacial score (nSPS) is 10.7. The quantitative estimate of drug-likeness (QED) is 0.500. The molecular weight excluding hydrogens is 280 g/mol. The molecule has 3 N–H and O–H groups in total. The lowest BCUT2D eigenvalue weighted by Gasteiger charge is -2.13. The smallest absolute Gasteiger partial charge is 0.147 e. The van der Waals surface area contributed by atoms with E-state index in [2.05, 4.69) is 49.4 Å². The molecule has 0 atom stereocenters. The van der Waals surface area contributed by atoms with Crippen LogP contribution in [-0.4, -0.2) is 9.97 Å². The lowest BCUT2D eigenvalue weighted by molar-refractivity contribution is 0.802. The Morgan fingerprint density at radius 1 is 1.19 bits per heavy atom. The van der Waals surface area contributed by atoms with E-state index in [-0.39, 0.29) is 0 Å². The molecule has 0 unspecified atom stereocenters. The van der Waals surface area contributed by atoms with Gasteiger partial charge in [0.1, 0.15) is 16.7 Å². The van der Waals surface area contributed by atoms with E-state index < -0.39 is 0 Å². The minimum atomic E-state index is 0.709. The van der Waals surface area contributed by atoms with Crippen molar-refractivity contribution in [2.45, 2.75) is 50.5 Å². The standard InChI is InChI=1S/C16H22N4S/c1-5-6-14-18-15(20-17)12(4)16(19-14)21-13-9-10(2)7-8-11(13)3/h7-9H,5-6,17H2,1-4H3,(H,18,19,20). The van der Waals surface area contributed by atoms with Gasteiger partial charge in [-0.05, 0) is 44.4 Å². The first-order valence-corrected chi connectivity index (χ1v) is 7.96. The maximum atomic E-state index is 5.58. The zero-order valence-electron chi connectivity index (χ0n) is 13.0. The maximum Gasteiger partial charge on any atom is 0.147 e. The number of nitrogens with one attached hydrogen (secondary N) is 1. The predicted molar refractivity (Wildman–Crippen MR) is 88.6 cm³/mol. The van der Waals surface area contributed by atoms with Crippen molar-refractivity contribution in [2.75, 3.05) is 5.43 Å². The second-order valence-electron chi connectivity index (χ2n) is 5.18. The summed E-state index contributed by atoms with van der Waals surface area (Å²) < 4.78 is 0. The van der Waals surface area contributed by atoms with Crippen LogP contribution in [0.15, 0.2) is 28.1 Å². The molecule has 1 aromatic heterocycles. The summed E-state index contributed by atoms with van der Waals surface area (Å²) in [5.74, 6) is 7.13. The molecule has 1 heterocycles. The average molecular weight is 302 g/mol. The SMILES string of the molecule is CCCc1nc(NN)c(C)c(Sc2cc(C)ccc2C)n1. The van der Waals surface area contributed by atoms with Gasteiger partial charge in [-0.3, -0.25) is 0 Å². The van der Waals surface area contributed by atoms with Crippen LogP contribution in [0.3, 0.4) is 0 Å². The van der Waals surface area contributed by atoms with E-state index in [0.717, 1.165) is 29.3 Å². The number of nitrogen functional groups attached to an aromatic ring is 1. The fourth-order valence-electron chi connectivity index (χ4n) is 2.04. The Kier molecular flexibility index (Phi) is 5.20. The Balaban J connectivity index is 2.42.